The standard InChI is InChI=1S/C27H27FN4O6/c1-3-27(36)16-6-19-24-14(9-32(19)25(34)15(16)10-37-26(27)35)23-20(38-11-30-21(33)8-29)5-4-13-12(2)17(28)7-18(31-24)22(13)23/h6-7,20,36H,3-5,8-11,29H2,1-2H3,(H,30,33)/t20-,27-/m0/s1. The van der Waals surface area contributed by atoms with Crippen LogP contribution in [0.25, 0.3) is 22.3 Å². The SMILES string of the molecule is CC[C@@]1(O)C(=O)OCc2c1cc1n(c2=O)Cc2c-1nc1cc(F)c(C)c3c1c2[C@@H](OCNC(=O)CN)CC3. The van der Waals surface area contributed by atoms with E-state index in [2.05, 4.69) is 5.32 Å². The summed E-state index contributed by atoms with van der Waals surface area (Å²) < 4.78 is 27.7. The largest absolute Gasteiger partial charge is 0.458 e. The lowest BCUT2D eigenvalue weighted by Gasteiger charge is -2.31. The Morgan fingerprint density at radius 3 is 2.87 bits per heavy atom. The van der Waals surface area contributed by atoms with Gasteiger partial charge in [0.25, 0.3) is 5.56 Å². The second kappa shape index (κ2) is 8.69. The van der Waals surface area contributed by atoms with Crippen LogP contribution in [0.4, 0.5) is 4.39 Å². The third kappa shape index (κ3) is 3.35. The summed E-state index contributed by atoms with van der Waals surface area (Å²) in [5.41, 5.74) is 7.78. The molecule has 1 amide bonds. The van der Waals surface area contributed by atoms with Crippen LogP contribution in [0.2, 0.25) is 0 Å². The molecule has 3 aromatic rings. The van der Waals surface area contributed by atoms with Gasteiger partial charge >= 0.3 is 5.97 Å². The van der Waals surface area contributed by atoms with Crippen molar-refractivity contribution < 1.29 is 28.6 Å². The molecule has 0 unspecified atom stereocenters. The van der Waals surface area contributed by atoms with Gasteiger partial charge in [0.15, 0.2) is 5.60 Å². The molecule has 0 bridgehead atoms. The number of cyclic esters (lactones) is 1. The highest BCUT2D eigenvalue weighted by Gasteiger charge is 2.46. The van der Waals surface area contributed by atoms with Gasteiger partial charge in [0, 0.05) is 22.6 Å². The van der Waals surface area contributed by atoms with E-state index >= 15 is 0 Å². The van der Waals surface area contributed by atoms with Crippen LogP contribution in [0, 0.1) is 12.7 Å². The number of aliphatic hydroxyl groups is 1. The number of carbonyl (C=O) groups is 2. The van der Waals surface area contributed by atoms with Gasteiger partial charge in [-0.05, 0) is 48.9 Å². The molecule has 0 saturated carbocycles. The minimum atomic E-state index is -1.95. The molecule has 1 aliphatic carbocycles. The first-order chi connectivity index (χ1) is 18.2. The smallest absolute Gasteiger partial charge is 0.343 e. The second-order valence-electron chi connectivity index (χ2n) is 9.95. The van der Waals surface area contributed by atoms with Crippen molar-refractivity contribution >= 4 is 22.8 Å². The normalized spacial score (nSPS) is 21.1. The van der Waals surface area contributed by atoms with Gasteiger partial charge in [0.2, 0.25) is 5.91 Å². The lowest BCUT2D eigenvalue weighted by atomic mass is 9.82. The van der Waals surface area contributed by atoms with Crippen molar-refractivity contribution in [3.05, 3.63) is 61.7 Å². The van der Waals surface area contributed by atoms with Gasteiger partial charge in [-0.1, -0.05) is 6.92 Å². The summed E-state index contributed by atoms with van der Waals surface area (Å²) in [5.74, 6) is -1.52. The van der Waals surface area contributed by atoms with Crippen molar-refractivity contribution in [3.63, 3.8) is 0 Å². The highest BCUT2D eigenvalue weighted by atomic mass is 19.1. The second-order valence-corrected chi connectivity index (χ2v) is 9.95. The van der Waals surface area contributed by atoms with Crippen LogP contribution >= 0.6 is 0 Å². The number of amides is 1. The Morgan fingerprint density at radius 1 is 1.34 bits per heavy atom. The summed E-state index contributed by atoms with van der Waals surface area (Å²) in [6, 6.07) is 3.01. The number of hydrogen-bond donors (Lipinski definition) is 3. The molecule has 0 radical (unpaired) electrons. The molecule has 4 N–H and O–H groups in total. The molecule has 10 nitrogen and oxygen atoms in total. The maximum absolute atomic E-state index is 14.9. The number of aryl methyl sites for hydroxylation is 1. The molecule has 38 heavy (non-hydrogen) atoms. The van der Waals surface area contributed by atoms with Crippen LogP contribution in [-0.4, -0.2) is 39.8 Å². The summed E-state index contributed by atoms with van der Waals surface area (Å²) >= 11 is 0. The first kappa shape index (κ1) is 24.7. The average Bonchev–Trinajstić information content (AvgIpc) is 3.28. The van der Waals surface area contributed by atoms with E-state index in [1.54, 1.807) is 24.5 Å². The van der Waals surface area contributed by atoms with Gasteiger partial charge in [-0.15, -0.1) is 0 Å². The van der Waals surface area contributed by atoms with E-state index in [1.807, 2.05) is 0 Å². The molecule has 0 fully saturated rings. The minimum absolute atomic E-state index is 0.0310. The number of esters is 1. The van der Waals surface area contributed by atoms with Crippen LogP contribution in [0.3, 0.4) is 0 Å². The fourth-order valence-electron chi connectivity index (χ4n) is 5.97. The van der Waals surface area contributed by atoms with E-state index in [0.29, 0.717) is 35.3 Å². The van der Waals surface area contributed by atoms with E-state index < -0.39 is 17.7 Å². The van der Waals surface area contributed by atoms with E-state index in [0.717, 1.165) is 22.1 Å². The van der Waals surface area contributed by atoms with Gasteiger partial charge < -0.3 is 30.2 Å². The topological polar surface area (TPSA) is 146 Å². The van der Waals surface area contributed by atoms with E-state index in [9.17, 15) is 23.9 Å². The fourth-order valence-corrected chi connectivity index (χ4v) is 5.97. The van der Waals surface area contributed by atoms with E-state index in [1.165, 1.54) is 6.07 Å². The van der Waals surface area contributed by atoms with Crippen molar-refractivity contribution in [2.75, 3.05) is 13.3 Å². The van der Waals surface area contributed by atoms with Crippen molar-refractivity contribution in [2.45, 2.75) is 58.0 Å². The van der Waals surface area contributed by atoms with Crippen LogP contribution in [0.5, 0.6) is 0 Å². The Balaban J connectivity index is 1.57. The van der Waals surface area contributed by atoms with Gasteiger partial charge in [-0.2, -0.15) is 0 Å². The lowest BCUT2D eigenvalue weighted by Crippen LogP contribution is -2.44. The zero-order valence-electron chi connectivity index (χ0n) is 21.0. The predicted molar refractivity (Wildman–Crippen MR) is 133 cm³/mol. The molecule has 11 heteroatoms. The third-order valence-corrected chi connectivity index (χ3v) is 8.06. The van der Waals surface area contributed by atoms with E-state index in [4.69, 9.17) is 20.2 Å². The number of nitrogens with one attached hydrogen (secondary N) is 1. The zero-order chi connectivity index (χ0) is 26.9. The van der Waals surface area contributed by atoms with Gasteiger partial charge in [-0.3, -0.25) is 9.59 Å². The summed E-state index contributed by atoms with van der Waals surface area (Å²) in [5, 5.41) is 14.5. The molecular weight excluding hydrogens is 495 g/mol. The van der Waals surface area contributed by atoms with Crippen LogP contribution in [0.1, 0.15) is 59.3 Å². The van der Waals surface area contributed by atoms with Crippen LogP contribution in [0.15, 0.2) is 16.9 Å². The van der Waals surface area contributed by atoms with Gasteiger partial charge in [0.05, 0.1) is 41.7 Å². The average molecular weight is 523 g/mol. The zero-order valence-corrected chi connectivity index (χ0v) is 21.0. The van der Waals surface area contributed by atoms with E-state index in [-0.39, 0.29) is 61.3 Å². The summed E-state index contributed by atoms with van der Waals surface area (Å²) in [6.45, 7) is 3.12. The van der Waals surface area contributed by atoms with Crippen molar-refractivity contribution in [1.82, 2.24) is 14.9 Å². The van der Waals surface area contributed by atoms with Crippen molar-refractivity contribution in [1.29, 1.82) is 0 Å². The Morgan fingerprint density at radius 2 is 2.13 bits per heavy atom. The molecule has 6 rings (SSSR count). The number of fused-ring (bicyclic) bond motifs is 5. The molecular formula is C27H27FN4O6. The van der Waals surface area contributed by atoms with Gasteiger partial charge in [0.1, 0.15) is 19.2 Å². The molecule has 0 spiro atoms. The fraction of sp³-hybridized carbons (Fsp3) is 0.407. The molecule has 0 saturated heterocycles. The number of halogens is 1. The number of rotatable bonds is 5. The highest BCUT2D eigenvalue weighted by Crippen LogP contribution is 2.46. The molecule has 1 aromatic carbocycles. The first-order valence-electron chi connectivity index (χ1n) is 12.6. The highest BCUT2D eigenvalue weighted by molar-refractivity contribution is 5.93. The van der Waals surface area contributed by atoms with Crippen molar-refractivity contribution in [2.24, 2.45) is 5.73 Å². The third-order valence-electron chi connectivity index (χ3n) is 8.06. The minimum Gasteiger partial charge on any atom is -0.458 e. The summed E-state index contributed by atoms with van der Waals surface area (Å²) in [4.78, 5) is 42.6. The molecule has 3 aliphatic rings. The molecule has 2 atom stereocenters. The molecule has 2 aromatic heterocycles. The number of hydrogen-bond acceptors (Lipinski definition) is 8. The maximum Gasteiger partial charge on any atom is 0.343 e. The predicted octanol–water partition coefficient (Wildman–Crippen LogP) is 1.56. The molecule has 198 valence electrons. The number of nitrogens with two attached hydrogens (primary N) is 1. The maximum atomic E-state index is 14.9. The van der Waals surface area contributed by atoms with Crippen LogP contribution in [-0.2, 0) is 44.2 Å². The summed E-state index contributed by atoms with van der Waals surface area (Å²) in [6.07, 6.45) is 0.694. The lowest BCUT2D eigenvalue weighted by molar-refractivity contribution is -0.172. The number of nitrogens with zero attached hydrogens (tertiary/aromatic N) is 2. The number of aromatic nitrogens is 2. The van der Waals surface area contributed by atoms with Crippen molar-refractivity contribution in [3.8, 4) is 11.4 Å². The number of benzene rings is 1. The first-order valence-corrected chi connectivity index (χ1v) is 12.6. The molecule has 4 heterocycles. The number of ether oxygens (including phenoxy) is 2. The number of pyridine rings is 2. The number of carbonyl (C=O) groups excluding carboxylic acids is 2. The monoisotopic (exact) mass is 522 g/mol. The Labute approximate surface area is 216 Å². The van der Waals surface area contributed by atoms with Crippen LogP contribution < -0.4 is 16.6 Å². The Bertz CT molecular complexity index is 1620. The Kier molecular flexibility index (Phi) is 5.64. The summed E-state index contributed by atoms with van der Waals surface area (Å²) in [7, 11) is 0. The molecule has 2 aliphatic heterocycles. The van der Waals surface area contributed by atoms with Gasteiger partial charge in [-0.25, -0.2) is 14.2 Å². The Hall–Kier alpha value is -3.67. The quantitative estimate of drug-likeness (QED) is 0.265.